The highest BCUT2D eigenvalue weighted by Crippen LogP contribution is 2.16. The van der Waals surface area contributed by atoms with Gasteiger partial charge in [0.05, 0.1) is 18.8 Å². The molecule has 4 N–H and O–H groups in total. The van der Waals surface area contributed by atoms with Crippen molar-refractivity contribution in [2.75, 3.05) is 6.61 Å². The summed E-state index contributed by atoms with van der Waals surface area (Å²) in [5, 5.41) is 33.0. The van der Waals surface area contributed by atoms with Crippen LogP contribution in [0.4, 0.5) is 0 Å². The van der Waals surface area contributed by atoms with Crippen molar-refractivity contribution in [2.45, 2.75) is 257 Å². The Labute approximate surface area is 342 Å². The van der Waals surface area contributed by atoms with E-state index in [-0.39, 0.29) is 6.61 Å². The summed E-state index contributed by atoms with van der Waals surface area (Å²) in [5.41, 5.74) is 0. The van der Waals surface area contributed by atoms with Gasteiger partial charge in [0.1, 0.15) is 6.10 Å². The molecular formula is C50H93NO4. The molecule has 55 heavy (non-hydrogen) atoms. The van der Waals surface area contributed by atoms with Crippen LogP contribution in [0.1, 0.15) is 239 Å². The molecule has 0 aliphatic heterocycles. The number of aliphatic hydroxyl groups excluding tert-OH is 3. The molecular weight excluding hydrogens is 679 g/mol. The fourth-order valence-electron chi connectivity index (χ4n) is 7.11. The molecule has 0 saturated carbocycles. The van der Waals surface area contributed by atoms with Crippen LogP contribution in [-0.4, -0.2) is 46.1 Å². The molecule has 0 aliphatic rings. The molecule has 0 saturated heterocycles. The van der Waals surface area contributed by atoms with Gasteiger partial charge in [-0.2, -0.15) is 0 Å². The molecule has 5 heteroatoms. The molecule has 3 atom stereocenters. The second-order valence-corrected chi connectivity index (χ2v) is 16.3. The Kier molecular flexibility index (Phi) is 43.6. The molecule has 0 aromatic rings. The van der Waals surface area contributed by atoms with Crippen LogP contribution >= 0.6 is 0 Å². The van der Waals surface area contributed by atoms with Crippen LogP contribution in [0.2, 0.25) is 0 Å². The van der Waals surface area contributed by atoms with Gasteiger partial charge in [-0.15, -0.1) is 0 Å². The Hall–Kier alpha value is -1.69. The van der Waals surface area contributed by atoms with Crippen molar-refractivity contribution in [3.05, 3.63) is 48.6 Å². The topological polar surface area (TPSA) is 89.8 Å². The first-order chi connectivity index (χ1) is 27.1. The summed E-state index contributed by atoms with van der Waals surface area (Å²) in [7, 11) is 0. The van der Waals surface area contributed by atoms with Crippen molar-refractivity contribution in [1.29, 1.82) is 0 Å². The molecule has 0 fully saturated rings. The van der Waals surface area contributed by atoms with E-state index in [0.29, 0.717) is 6.42 Å². The maximum absolute atomic E-state index is 12.4. The largest absolute Gasteiger partial charge is 0.394 e. The Morgan fingerprint density at radius 3 is 1.25 bits per heavy atom. The second kappa shape index (κ2) is 45.0. The molecule has 0 rings (SSSR count). The highest BCUT2D eigenvalue weighted by atomic mass is 16.3. The fraction of sp³-hybridized carbons (Fsp3) is 0.820. The van der Waals surface area contributed by atoms with Crippen LogP contribution in [0.3, 0.4) is 0 Å². The number of aliphatic hydroxyl groups is 3. The lowest BCUT2D eigenvalue weighted by atomic mass is 10.0. The molecule has 3 unspecified atom stereocenters. The van der Waals surface area contributed by atoms with Crippen molar-refractivity contribution in [1.82, 2.24) is 5.32 Å². The summed E-state index contributed by atoms with van der Waals surface area (Å²) in [6, 6.07) is -0.812. The Morgan fingerprint density at radius 2 is 0.800 bits per heavy atom. The smallest absolute Gasteiger partial charge is 0.249 e. The molecule has 322 valence electrons. The predicted octanol–water partition coefficient (Wildman–Crippen LogP) is 14.1. The van der Waals surface area contributed by atoms with E-state index in [0.717, 1.165) is 44.9 Å². The maximum atomic E-state index is 12.4. The van der Waals surface area contributed by atoms with Gasteiger partial charge in [-0.25, -0.2) is 0 Å². The molecule has 0 heterocycles. The molecule has 0 bridgehead atoms. The average molecular weight is 772 g/mol. The van der Waals surface area contributed by atoms with Gasteiger partial charge in [-0.05, 0) is 64.2 Å². The quantitative estimate of drug-likeness (QED) is 0.0367. The number of rotatable bonds is 43. The molecule has 0 aliphatic carbocycles. The molecule has 0 aromatic heterocycles. The molecule has 5 nitrogen and oxygen atoms in total. The van der Waals surface area contributed by atoms with Gasteiger partial charge in [-0.3, -0.25) is 4.79 Å². The SMILES string of the molecule is CCCCC/C=C/CC/C=C/C(O)C(CO)NC(=O)C(O)CCCCCCCCCCCCCCCCCC/C=C\C/C=C\CCCCCCCCCCC. The molecule has 0 radical (unpaired) electrons. The van der Waals surface area contributed by atoms with Crippen LogP contribution in [-0.2, 0) is 4.79 Å². The first kappa shape index (κ1) is 53.3. The van der Waals surface area contributed by atoms with Gasteiger partial charge < -0.3 is 20.6 Å². The van der Waals surface area contributed by atoms with E-state index in [1.807, 2.05) is 6.08 Å². The third-order valence-corrected chi connectivity index (χ3v) is 10.9. The normalized spacial score (nSPS) is 13.9. The van der Waals surface area contributed by atoms with Crippen LogP contribution in [0.25, 0.3) is 0 Å². The Morgan fingerprint density at radius 1 is 0.455 bits per heavy atom. The van der Waals surface area contributed by atoms with Crippen molar-refractivity contribution < 1.29 is 20.1 Å². The van der Waals surface area contributed by atoms with E-state index in [1.54, 1.807) is 6.08 Å². The summed E-state index contributed by atoms with van der Waals surface area (Å²) < 4.78 is 0. The Bertz CT molecular complexity index is 896. The summed E-state index contributed by atoms with van der Waals surface area (Å²) in [5.74, 6) is -0.516. The van der Waals surface area contributed by atoms with Crippen molar-refractivity contribution in [3.63, 3.8) is 0 Å². The molecule has 1 amide bonds. The van der Waals surface area contributed by atoms with Crippen molar-refractivity contribution in [2.24, 2.45) is 0 Å². The number of allylic oxidation sites excluding steroid dienone is 7. The minimum absolute atomic E-state index is 0.377. The number of carbonyl (C=O) groups is 1. The Balaban J connectivity index is 3.52. The lowest BCUT2D eigenvalue weighted by Crippen LogP contribution is -2.48. The third kappa shape index (κ3) is 40.3. The number of amides is 1. The van der Waals surface area contributed by atoms with Gasteiger partial charge in [-0.1, -0.05) is 223 Å². The summed E-state index contributed by atoms with van der Waals surface area (Å²) in [4.78, 5) is 12.4. The van der Waals surface area contributed by atoms with Crippen LogP contribution in [0, 0.1) is 0 Å². The number of carbonyl (C=O) groups excluding carboxylic acids is 1. The minimum Gasteiger partial charge on any atom is -0.394 e. The summed E-state index contributed by atoms with van der Waals surface area (Å²) >= 11 is 0. The van der Waals surface area contributed by atoms with E-state index in [2.05, 4.69) is 55.6 Å². The first-order valence-electron chi connectivity index (χ1n) is 24.0. The number of hydrogen-bond donors (Lipinski definition) is 4. The zero-order valence-corrected chi connectivity index (χ0v) is 36.6. The van der Waals surface area contributed by atoms with Crippen molar-refractivity contribution in [3.8, 4) is 0 Å². The minimum atomic E-state index is -1.10. The van der Waals surface area contributed by atoms with E-state index in [9.17, 15) is 20.1 Å². The first-order valence-corrected chi connectivity index (χ1v) is 24.0. The van der Waals surface area contributed by atoms with Gasteiger partial charge in [0.25, 0.3) is 0 Å². The highest BCUT2D eigenvalue weighted by Gasteiger charge is 2.22. The van der Waals surface area contributed by atoms with E-state index in [1.165, 1.54) is 173 Å². The van der Waals surface area contributed by atoms with Gasteiger partial charge in [0.15, 0.2) is 0 Å². The van der Waals surface area contributed by atoms with E-state index >= 15 is 0 Å². The lowest BCUT2D eigenvalue weighted by Gasteiger charge is -2.21. The summed E-state index contributed by atoms with van der Waals surface area (Å²) in [6.45, 7) is 4.11. The fourth-order valence-corrected chi connectivity index (χ4v) is 7.11. The van der Waals surface area contributed by atoms with Gasteiger partial charge in [0.2, 0.25) is 5.91 Å². The van der Waals surface area contributed by atoms with Crippen LogP contribution in [0.15, 0.2) is 48.6 Å². The van der Waals surface area contributed by atoms with E-state index in [4.69, 9.17) is 0 Å². The second-order valence-electron chi connectivity index (χ2n) is 16.3. The zero-order chi connectivity index (χ0) is 40.1. The lowest BCUT2D eigenvalue weighted by molar-refractivity contribution is -0.131. The van der Waals surface area contributed by atoms with Gasteiger partial charge in [0, 0.05) is 0 Å². The van der Waals surface area contributed by atoms with Crippen molar-refractivity contribution >= 4 is 5.91 Å². The monoisotopic (exact) mass is 772 g/mol. The molecule has 0 aromatic carbocycles. The average Bonchev–Trinajstić information content (AvgIpc) is 3.19. The summed E-state index contributed by atoms with van der Waals surface area (Å²) in [6.07, 6.45) is 59.0. The predicted molar refractivity (Wildman–Crippen MR) is 241 cm³/mol. The molecule has 0 spiro atoms. The van der Waals surface area contributed by atoms with Crippen LogP contribution < -0.4 is 5.32 Å². The number of nitrogens with one attached hydrogen (secondary N) is 1. The zero-order valence-electron chi connectivity index (χ0n) is 36.6. The standard InChI is InChI=1S/C50H93NO4/c1-3-5-7-9-11-13-14-15-16-17-18-19-20-21-22-23-24-25-26-27-28-29-30-31-32-33-34-35-37-39-41-43-45-49(54)50(55)51-47(46-52)48(53)44-42-40-38-36-12-10-8-6-4-2/h12,18-19,21-22,36,42,44,47-49,52-54H,3-11,13-17,20,23-35,37-41,43,45-46H2,1-2H3,(H,51,55)/b19-18-,22-21-,36-12+,44-42+. The highest BCUT2D eigenvalue weighted by molar-refractivity contribution is 5.80. The van der Waals surface area contributed by atoms with Gasteiger partial charge >= 0.3 is 0 Å². The van der Waals surface area contributed by atoms with Crippen LogP contribution in [0.5, 0.6) is 0 Å². The number of hydrogen-bond acceptors (Lipinski definition) is 4. The maximum Gasteiger partial charge on any atom is 0.249 e. The van der Waals surface area contributed by atoms with E-state index < -0.39 is 24.2 Å². The number of unbranched alkanes of at least 4 members (excludes halogenated alkanes) is 29. The third-order valence-electron chi connectivity index (χ3n) is 10.9.